The number of ether oxygens (including phenoxy) is 1. The second-order valence-electron chi connectivity index (χ2n) is 4.57. The summed E-state index contributed by atoms with van der Waals surface area (Å²) in [5, 5.41) is 12.4. The predicted octanol–water partition coefficient (Wildman–Crippen LogP) is 2.03. The number of hydrogen-bond acceptors (Lipinski definition) is 3. The normalized spacial score (nSPS) is 16.8. The lowest BCUT2D eigenvalue weighted by Gasteiger charge is -2.29. The molecule has 0 saturated carbocycles. The third-order valence-corrected chi connectivity index (χ3v) is 2.83. The first kappa shape index (κ1) is 15.4. The quantitative estimate of drug-likeness (QED) is 0.637. The fraction of sp³-hybridized carbons (Fsp3) is 0.917. The van der Waals surface area contributed by atoms with E-state index in [9.17, 15) is 9.90 Å². The van der Waals surface area contributed by atoms with Crippen LogP contribution in [0.3, 0.4) is 0 Å². The Morgan fingerprint density at radius 2 is 2.19 bits per heavy atom. The van der Waals surface area contributed by atoms with Crippen LogP contribution in [0.5, 0.6) is 0 Å². The van der Waals surface area contributed by atoms with Crippen molar-refractivity contribution in [1.29, 1.82) is 0 Å². The van der Waals surface area contributed by atoms with E-state index in [1.54, 1.807) is 14.0 Å². The minimum absolute atomic E-state index is 0.220. The maximum Gasteiger partial charge on any atom is 0.323 e. The topological polar surface area (TPSA) is 58.6 Å². The Morgan fingerprint density at radius 3 is 2.62 bits per heavy atom. The summed E-state index contributed by atoms with van der Waals surface area (Å²) in [4.78, 5) is 11.2. The first-order valence-corrected chi connectivity index (χ1v) is 5.96. The summed E-state index contributed by atoms with van der Waals surface area (Å²) in [6, 6.07) is 0.220. The Kier molecular flexibility index (Phi) is 7.34. The molecule has 2 atom stereocenters. The molecule has 4 heteroatoms. The molecular formula is C12H25NO3. The number of carboxylic acid groups (broad SMARTS) is 1. The highest BCUT2D eigenvalue weighted by Gasteiger charge is 2.33. The first-order valence-electron chi connectivity index (χ1n) is 5.96. The van der Waals surface area contributed by atoms with Crippen molar-refractivity contribution >= 4 is 5.97 Å². The summed E-state index contributed by atoms with van der Waals surface area (Å²) >= 11 is 0. The Hall–Kier alpha value is -0.610. The molecule has 0 amide bonds. The van der Waals surface area contributed by atoms with E-state index in [2.05, 4.69) is 12.2 Å². The average molecular weight is 231 g/mol. The third kappa shape index (κ3) is 5.47. The molecule has 2 N–H and O–H groups in total. The zero-order valence-electron chi connectivity index (χ0n) is 10.9. The van der Waals surface area contributed by atoms with Crippen molar-refractivity contribution in [2.24, 2.45) is 0 Å². The lowest BCUT2D eigenvalue weighted by molar-refractivity contribution is -0.145. The van der Waals surface area contributed by atoms with Crippen LogP contribution in [-0.4, -0.2) is 36.4 Å². The van der Waals surface area contributed by atoms with Crippen LogP contribution in [0.4, 0.5) is 0 Å². The van der Waals surface area contributed by atoms with Gasteiger partial charge in [-0.05, 0) is 26.7 Å². The molecule has 16 heavy (non-hydrogen) atoms. The van der Waals surface area contributed by atoms with Gasteiger partial charge in [0, 0.05) is 19.8 Å². The molecule has 0 saturated heterocycles. The third-order valence-electron chi connectivity index (χ3n) is 2.83. The number of carbonyl (C=O) groups is 1. The average Bonchev–Trinajstić information content (AvgIpc) is 2.23. The zero-order valence-corrected chi connectivity index (χ0v) is 10.9. The number of hydrogen-bond donors (Lipinski definition) is 2. The van der Waals surface area contributed by atoms with Gasteiger partial charge in [-0.2, -0.15) is 0 Å². The van der Waals surface area contributed by atoms with Crippen molar-refractivity contribution in [2.45, 2.75) is 58.0 Å². The van der Waals surface area contributed by atoms with Gasteiger partial charge in [0.2, 0.25) is 0 Å². The fourth-order valence-corrected chi connectivity index (χ4v) is 1.67. The second-order valence-corrected chi connectivity index (χ2v) is 4.57. The van der Waals surface area contributed by atoms with E-state index >= 15 is 0 Å². The fourth-order valence-electron chi connectivity index (χ4n) is 1.67. The number of unbranched alkanes of at least 4 members (excludes halogenated alkanes) is 1. The van der Waals surface area contributed by atoms with Crippen LogP contribution in [0.2, 0.25) is 0 Å². The van der Waals surface area contributed by atoms with E-state index in [0.29, 0.717) is 13.0 Å². The van der Waals surface area contributed by atoms with Crippen LogP contribution in [0.25, 0.3) is 0 Å². The summed E-state index contributed by atoms with van der Waals surface area (Å²) in [7, 11) is 1.59. The van der Waals surface area contributed by atoms with Crippen molar-refractivity contribution in [1.82, 2.24) is 5.32 Å². The maximum absolute atomic E-state index is 11.2. The Labute approximate surface area is 98.4 Å². The molecule has 0 fully saturated rings. The van der Waals surface area contributed by atoms with Gasteiger partial charge in [0.25, 0.3) is 0 Å². The standard InChI is InChI=1S/C12H25NO3/c1-5-6-7-10(2)13-12(3,11(14)15)8-9-16-4/h10,13H,5-9H2,1-4H3,(H,14,15). The van der Waals surface area contributed by atoms with Crippen molar-refractivity contribution in [3.05, 3.63) is 0 Å². The molecule has 0 spiro atoms. The molecule has 0 aromatic rings. The van der Waals surface area contributed by atoms with E-state index in [1.165, 1.54) is 0 Å². The molecule has 0 heterocycles. The van der Waals surface area contributed by atoms with Crippen LogP contribution in [0.15, 0.2) is 0 Å². The summed E-state index contributed by atoms with van der Waals surface area (Å²) < 4.78 is 4.95. The van der Waals surface area contributed by atoms with Crippen LogP contribution in [0, 0.1) is 0 Å². The minimum Gasteiger partial charge on any atom is -0.480 e. The number of rotatable bonds is 9. The monoisotopic (exact) mass is 231 g/mol. The summed E-state index contributed by atoms with van der Waals surface area (Å²) in [6.07, 6.45) is 3.74. The number of aliphatic carboxylic acids is 1. The molecule has 0 radical (unpaired) electrons. The van der Waals surface area contributed by atoms with Crippen molar-refractivity contribution in [3.63, 3.8) is 0 Å². The highest BCUT2D eigenvalue weighted by atomic mass is 16.5. The van der Waals surface area contributed by atoms with Crippen LogP contribution < -0.4 is 5.32 Å². The molecule has 0 aromatic heterocycles. The molecule has 0 aliphatic rings. The smallest absolute Gasteiger partial charge is 0.323 e. The van der Waals surface area contributed by atoms with Crippen LogP contribution in [-0.2, 0) is 9.53 Å². The summed E-state index contributed by atoms with van der Waals surface area (Å²) in [5.41, 5.74) is -0.886. The number of methoxy groups -OCH3 is 1. The van der Waals surface area contributed by atoms with E-state index < -0.39 is 11.5 Å². The van der Waals surface area contributed by atoms with Gasteiger partial charge in [0.15, 0.2) is 0 Å². The largest absolute Gasteiger partial charge is 0.480 e. The minimum atomic E-state index is -0.886. The molecule has 4 nitrogen and oxygen atoms in total. The van der Waals surface area contributed by atoms with Crippen molar-refractivity contribution < 1.29 is 14.6 Å². The zero-order chi connectivity index (χ0) is 12.6. The molecule has 0 rings (SSSR count). The highest BCUT2D eigenvalue weighted by molar-refractivity contribution is 5.78. The summed E-state index contributed by atoms with van der Waals surface area (Å²) in [6.45, 7) is 6.34. The van der Waals surface area contributed by atoms with Gasteiger partial charge >= 0.3 is 5.97 Å². The van der Waals surface area contributed by atoms with Crippen LogP contribution in [0.1, 0.15) is 46.5 Å². The first-order chi connectivity index (χ1) is 7.46. The second kappa shape index (κ2) is 7.63. The Morgan fingerprint density at radius 1 is 1.56 bits per heavy atom. The Bertz CT molecular complexity index is 208. The lowest BCUT2D eigenvalue weighted by Crippen LogP contribution is -2.53. The molecule has 96 valence electrons. The van der Waals surface area contributed by atoms with E-state index in [-0.39, 0.29) is 6.04 Å². The lowest BCUT2D eigenvalue weighted by atomic mass is 9.96. The van der Waals surface area contributed by atoms with E-state index in [1.807, 2.05) is 6.92 Å². The highest BCUT2D eigenvalue weighted by Crippen LogP contribution is 2.13. The summed E-state index contributed by atoms with van der Waals surface area (Å²) in [5.74, 6) is -0.812. The van der Waals surface area contributed by atoms with Gasteiger partial charge in [-0.25, -0.2) is 0 Å². The van der Waals surface area contributed by atoms with Gasteiger partial charge < -0.3 is 9.84 Å². The molecule has 0 aromatic carbocycles. The SMILES string of the molecule is CCCCC(C)NC(C)(CCOC)C(=O)O. The Balaban J connectivity index is 4.25. The van der Waals surface area contributed by atoms with Gasteiger partial charge in [-0.1, -0.05) is 19.8 Å². The van der Waals surface area contributed by atoms with Crippen molar-refractivity contribution in [3.8, 4) is 0 Å². The number of carboxylic acids is 1. The van der Waals surface area contributed by atoms with Gasteiger partial charge in [-0.15, -0.1) is 0 Å². The van der Waals surface area contributed by atoms with Gasteiger partial charge in [0.1, 0.15) is 5.54 Å². The van der Waals surface area contributed by atoms with Gasteiger partial charge in [-0.3, -0.25) is 10.1 Å². The molecule has 2 unspecified atom stereocenters. The van der Waals surface area contributed by atoms with Crippen LogP contribution >= 0.6 is 0 Å². The molecule has 0 aliphatic heterocycles. The van der Waals surface area contributed by atoms with Crippen molar-refractivity contribution in [2.75, 3.05) is 13.7 Å². The molecule has 0 bridgehead atoms. The van der Waals surface area contributed by atoms with Gasteiger partial charge in [0.05, 0.1) is 0 Å². The maximum atomic E-state index is 11.2. The predicted molar refractivity (Wildman–Crippen MR) is 64.7 cm³/mol. The van der Waals surface area contributed by atoms with E-state index in [4.69, 9.17) is 4.74 Å². The molecular weight excluding hydrogens is 206 g/mol. The van der Waals surface area contributed by atoms with E-state index in [0.717, 1.165) is 19.3 Å². The molecule has 0 aliphatic carbocycles. The number of nitrogens with one attached hydrogen (secondary N) is 1.